The van der Waals surface area contributed by atoms with Crippen molar-refractivity contribution in [3.05, 3.63) is 168 Å². The minimum atomic E-state index is 0.00506. The van der Waals surface area contributed by atoms with E-state index in [4.69, 9.17) is 14.4 Å². The number of hydrogen-bond acceptors (Lipinski definition) is 5. The van der Waals surface area contributed by atoms with Gasteiger partial charge in [-0.25, -0.2) is 9.98 Å². The van der Waals surface area contributed by atoms with Crippen LogP contribution < -0.4 is 5.32 Å². The number of aromatic nitrogens is 1. The molecule has 0 spiro atoms. The summed E-state index contributed by atoms with van der Waals surface area (Å²) in [4.78, 5) is 10.4. The Balaban J connectivity index is 1.11. The van der Waals surface area contributed by atoms with E-state index in [0.29, 0.717) is 0 Å². The Morgan fingerprint density at radius 3 is 2.29 bits per heavy atom. The number of hydrogen-bond donors (Lipinski definition) is 1. The molecule has 10 rings (SSSR count). The number of fused-ring (bicyclic) bond motifs is 8. The van der Waals surface area contributed by atoms with Crippen molar-refractivity contribution in [2.45, 2.75) is 6.04 Å². The van der Waals surface area contributed by atoms with Gasteiger partial charge in [0.15, 0.2) is 0 Å². The number of benzene rings is 7. The minimum absolute atomic E-state index is 0.00506. The summed E-state index contributed by atoms with van der Waals surface area (Å²) >= 11 is 1.71. The third-order valence-corrected chi connectivity index (χ3v) is 10.4. The lowest BCUT2D eigenvalue weighted by atomic mass is 9.97. The average molecular weight is 634 g/mol. The first-order valence-corrected chi connectivity index (χ1v) is 16.9. The highest BCUT2D eigenvalue weighted by Crippen LogP contribution is 2.41. The minimum Gasteiger partial charge on any atom is -0.455 e. The van der Waals surface area contributed by atoms with E-state index < -0.39 is 0 Å². The van der Waals surface area contributed by atoms with Crippen molar-refractivity contribution in [1.29, 1.82) is 0 Å². The van der Waals surface area contributed by atoms with Gasteiger partial charge >= 0.3 is 0 Å². The lowest BCUT2D eigenvalue weighted by Gasteiger charge is -2.24. The van der Waals surface area contributed by atoms with E-state index in [0.717, 1.165) is 70.8 Å². The summed E-state index contributed by atoms with van der Waals surface area (Å²) in [6.07, 6.45) is 2.21. The van der Waals surface area contributed by atoms with E-state index in [9.17, 15) is 0 Å². The second kappa shape index (κ2) is 10.8. The molecule has 3 heterocycles. The number of para-hydroxylation sites is 2. The molecule has 4 nitrogen and oxygen atoms in total. The molecule has 226 valence electrons. The van der Waals surface area contributed by atoms with Gasteiger partial charge in [-0.3, -0.25) is 0 Å². The predicted molar refractivity (Wildman–Crippen MR) is 201 cm³/mol. The van der Waals surface area contributed by atoms with E-state index in [1.165, 1.54) is 21.7 Å². The fourth-order valence-electron chi connectivity index (χ4n) is 7.01. The third-order valence-electron chi connectivity index (χ3n) is 9.34. The first-order valence-electron chi connectivity index (χ1n) is 16.1. The van der Waals surface area contributed by atoms with Crippen LogP contribution in [0.3, 0.4) is 0 Å². The number of aliphatic imine (C=N–C) groups is 1. The molecule has 0 saturated heterocycles. The summed E-state index contributed by atoms with van der Waals surface area (Å²) in [5, 5.41) is 11.6. The third kappa shape index (κ3) is 4.36. The van der Waals surface area contributed by atoms with Gasteiger partial charge in [0.25, 0.3) is 0 Å². The standard InChI is InChI=1S/C43H27N3OS/c1-3-10-26(11-4-1)35-25-36(27-12-5-2-6-13-27)45-42(44-35)30-20-22-31-29(24-30)19-18-28-21-23-38-40(39(28)31)46-43(48-38)34-16-9-15-33-32-14-7-8-17-37(32)47-41(33)34/h1-25,35H,(H,44,45). The van der Waals surface area contributed by atoms with E-state index in [-0.39, 0.29) is 6.04 Å². The molecule has 0 amide bonds. The quantitative estimate of drug-likeness (QED) is 0.196. The highest BCUT2D eigenvalue weighted by Gasteiger charge is 2.21. The monoisotopic (exact) mass is 633 g/mol. The van der Waals surface area contributed by atoms with Crippen molar-refractivity contribution in [3.8, 4) is 10.6 Å². The van der Waals surface area contributed by atoms with E-state index in [2.05, 4.69) is 139 Å². The van der Waals surface area contributed by atoms with Crippen LogP contribution in [0.25, 0.3) is 70.0 Å². The van der Waals surface area contributed by atoms with Gasteiger partial charge in [0.05, 0.1) is 27.5 Å². The first-order chi connectivity index (χ1) is 23.8. The summed E-state index contributed by atoms with van der Waals surface area (Å²) in [5.41, 5.74) is 8.14. The van der Waals surface area contributed by atoms with Crippen LogP contribution in [-0.4, -0.2) is 10.8 Å². The molecule has 1 atom stereocenters. The number of nitrogens with zero attached hydrogens (tertiary/aromatic N) is 2. The molecule has 2 aromatic heterocycles. The van der Waals surface area contributed by atoms with Crippen LogP contribution in [0.15, 0.2) is 161 Å². The van der Waals surface area contributed by atoms with Crippen molar-refractivity contribution < 1.29 is 4.42 Å². The highest BCUT2D eigenvalue weighted by atomic mass is 32.1. The van der Waals surface area contributed by atoms with Gasteiger partial charge in [-0.15, -0.1) is 11.3 Å². The van der Waals surface area contributed by atoms with Gasteiger partial charge in [-0.2, -0.15) is 0 Å². The topological polar surface area (TPSA) is 50.4 Å². The Labute approximate surface area is 280 Å². The van der Waals surface area contributed by atoms with Crippen molar-refractivity contribution in [1.82, 2.24) is 10.3 Å². The normalized spacial score (nSPS) is 14.9. The Morgan fingerprint density at radius 1 is 0.625 bits per heavy atom. The first kappa shape index (κ1) is 27.1. The number of thiazole rings is 1. The molecule has 1 unspecified atom stereocenters. The summed E-state index contributed by atoms with van der Waals surface area (Å²) in [7, 11) is 0. The largest absolute Gasteiger partial charge is 0.455 e. The summed E-state index contributed by atoms with van der Waals surface area (Å²) in [6, 6.07) is 51.0. The zero-order valence-corrected chi connectivity index (χ0v) is 26.5. The van der Waals surface area contributed by atoms with Gasteiger partial charge in [0.1, 0.15) is 22.0 Å². The second-order valence-corrected chi connectivity index (χ2v) is 13.3. The number of amidine groups is 1. The van der Waals surface area contributed by atoms with Crippen LogP contribution in [0.5, 0.6) is 0 Å². The van der Waals surface area contributed by atoms with Crippen molar-refractivity contribution in [2.24, 2.45) is 4.99 Å². The van der Waals surface area contributed by atoms with Gasteiger partial charge in [0.2, 0.25) is 0 Å². The maximum atomic E-state index is 6.38. The van der Waals surface area contributed by atoms with Gasteiger partial charge in [-0.1, -0.05) is 121 Å². The van der Waals surface area contributed by atoms with Crippen LogP contribution in [0.1, 0.15) is 22.7 Å². The molecule has 5 heteroatoms. The summed E-state index contributed by atoms with van der Waals surface area (Å²) < 4.78 is 7.54. The lowest BCUT2D eigenvalue weighted by Crippen LogP contribution is -2.31. The Bertz CT molecular complexity index is 2760. The van der Waals surface area contributed by atoms with Crippen molar-refractivity contribution >= 4 is 76.6 Å². The summed E-state index contributed by atoms with van der Waals surface area (Å²) in [5.74, 6) is 0.861. The zero-order valence-electron chi connectivity index (χ0n) is 25.7. The summed E-state index contributed by atoms with van der Waals surface area (Å²) in [6.45, 7) is 0. The number of rotatable bonds is 4. The molecular formula is C43H27N3OS. The fourth-order valence-corrected chi connectivity index (χ4v) is 8.01. The van der Waals surface area contributed by atoms with E-state index in [1.54, 1.807) is 11.3 Å². The molecule has 9 aromatic rings. The zero-order chi connectivity index (χ0) is 31.6. The SMILES string of the molecule is C1=C(c2ccccc2)N=C(c2ccc3c(ccc4ccc5sc(-c6cccc7c6oc6ccccc67)nc5c43)c2)NC1c1ccccc1. The second-order valence-electron chi connectivity index (χ2n) is 12.2. The molecule has 1 aliphatic rings. The Hall–Kier alpha value is -6.04. The molecular weight excluding hydrogens is 607 g/mol. The van der Waals surface area contributed by atoms with Crippen LogP contribution in [0.4, 0.5) is 0 Å². The van der Waals surface area contributed by atoms with Crippen LogP contribution in [0, 0.1) is 0 Å². The number of furan rings is 1. The van der Waals surface area contributed by atoms with Crippen LogP contribution in [0.2, 0.25) is 0 Å². The van der Waals surface area contributed by atoms with Gasteiger partial charge in [0, 0.05) is 21.7 Å². The Morgan fingerprint density at radius 2 is 1.40 bits per heavy atom. The maximum absolute atomic E-state index is 6.38. The molecule has 0 saturated carbocycles. The molecule has 48 heavy (non-hydrogen) atoms. The van der Waals surface area contributed by atoms with Gasteiger partial charge in [-0.05, 0) is 57.6 Å². The average Bonchev–Trinajstić information content (AvgIpc) is 3.77. The van der Waals surface area contributed by atoms with E-state index in [1.807, 2.05) is 18.2 Å². The maximum Gasteiger partial charge on any atom is 0.145 e. The van der Waals surface area contributed by atoms with Crippen molar-refractivity contribution in [3.63, 3.8) is 0 Å². The molecule has 7 aromatic carbocycles. The fraction of sp³-hybridized carbons (Fsp3) is 0.0233. The smallest absolute Gasteiger partial charge is 0.145 e. The highest BCUT2D eigenvalue weighted by molar-refractivity contribution is 7.21. The molecule has 0 radical (unpaired) electrons. The van der Waals surface area contributed by atoms with Crippen LogP contribution in [-0.2, 0) is 0 Å². The number of nitrogens with one attached hydrogen (secondary N) is 1. The van der Waals surface area contributed by atoms with E-state index >= 15 is 0 Å². The lowest BCUT2D eigenvalue weighted by molar-refractivity contribution is 0.670. The molecule has 1 aliphatic heterocycles. The molecule has 0 aliphatic carbocycles. The van der Waals surface area contributed by atoms with Crippen LogP contribution >= 0.6 is 11.3 Å². The Kier molecular flexibility index (Phi) is 6.08. The molecule has 0 fully saturated rings. The predicted octanol–water partition coefficient (Wildman–Crippen LogP) is 11.3. The van der Waals surface area contributed by atoms with Crippen molar-refractivity contribution in [2.75, 3.05) is 0 Å². The molecule has 0 bridgehead atoms. The molecule has 1 N–H and O–H groups in total. The van der Waals surface area contributed by atoms with Gasteiger partial charge < -0.3 is 9.73 Å².